The lowest BCUT2D eigenvalue weighted by molar-refractivity contribution is -0.143. The molecule has 1 aromatic carbocycles. The molecule has 9 nitrogen and oxygen atoms in total. The molecule has 0 aliphatic heterocycles. The van der Waals surface area contributed by atoms with E-state index in [9.17, 15) is 9.59 Å². The van der Waals surface area contributed by atoms with Gasteiger partial charge in [0.2, 0.25) is 0 Å². The van der Waals surface area contributed by atoms with Gasteiger partial charge in [-0.25, -0.2) is 9.59 Å². The number of nitrogens with one attached hydrogen (secondary N) is 1. The molecule has 1 rings (SSSR count). The summed E-state index contributed by atoms with van der Waals surface area (Å²) in [6.07, 6.45) is 0.206. The maximum Gasteiger partial charge on any atom is 0.408 e. The van der Waals surface area contributed by atoms with Gasteiger partial charge in [0.25, 0.3) is 0 Å². The summed E-state index contributed by atoms with van der Waals surface area (Å²) in [4.78, 5) is 27.0. The van der Waals surface area contributed by atoms with E-state index < -0.39 is 23.7 Å². The van der Waals surface area contributed by atoms with Gasteiger partial charge < -0.3 is 19.5 Å². The number of alkyl carbamates (subject to hydrolysis) is 1. The zero-order valence-corrected chi connectivity index (χ0v) is 17.9. The fraction of sp³-hybridized carbons (Fsp3) is 0.600. The third kappa shape index (κ3) is 8.74. The second kappa shape index (κ2) is 11.2. The fourth-order valence-electron chi connectivity index (χ4n) is 2.72. The highest BCUT2D eigenvalue weighted by molar-refractivity contribution is 5.81. The molecule has 160 valence electrons. The van der Waals surface area contributed by atoms with Crippen molar-refractivity contribution in [2.45, 2.75) is 59.1 Å². The van der Waals surface area contributed by atoms with E-state index in [1.165, 1.54) is 7.11 Å². The predicted molar refractivity (Wildman–Crippen MR) is 109 cm³/mol. The Balaban J connectivity index is 2.89. The Kier molecular flexibility index (Phi) is 9.28. The molecule has 0 bridgehead atoms. The predicted octanol–water partition coefficient (Wildman–Crippen LogP) is 3.99. The summed E-state index contributed by atoms with van der Waals surface area (Å²) in [6.45, 7) is 9.89. The lowest BCUT2D eigenvalue weighted by atomic mass is 9.96. The average Bonchev–Trinajstić information content (AvgIpc) is 2.61. The third-order valence-electron chi connectivity index (χ3n) is 3.99. The van der Waals surface area contributed by atoms with E-state index >= 15 is 0 Å². The zero-order valence-electron chi connectivity index (χ0n) is 17.9. The molecule has 0 spiro atoms. The SMILES string of the molecule is COC(=O)[C@H](Cc1c(C)cc(OCCCN=[N+]=[N-])cc1C)NC(=O)OC(C)(C)C. The Morgan fingerprint density at radius 1 is 1.24 bits per heavy atom. The molecule has 0 heterocycles. The van der Waals surface area contributed by atoms with Crippen LogP contribution in [0.25, 0.3) is 10.4 Å². The lowest BCUT2D eigenvalue weighted by Crippen LogP contribution is -2.45. The summed E-state index contributed by atoms with van der Waals surface area (Å²) in [5.41, 5.74) is 10.4. The number of azide groups is 1. The van der Waals surface area contributed by atoms with E-state index in [0.717, 1.165) is 16.7 Å². The highest BCUT2D eigenvalue weighted by atomic mass is 16.6. The normalized spacial score (nSPS) is 11.8. The molecular formula is C20H30N4O5. The first-order valence-corrected chi connectivity index (χ1v) is 9.38. The van der Waals surface area contributed by atoms with E-state index in [-0.39, 0.29) is 6.42 Å². The van der Waals surface area contributed by atoms with Crippen molar-refractivity contribution in [1.29, 1.82) is 0 Å². The van der Waals surface area contributed by atoms with Crippen LogP contribution >= 0.6 is 0 Å². The number of hydrogen-bond donors (Lipinski definition) is 1. The van der Waals surface area contributed by atoms with Crippen LogP contribution in [0.5, 0.6) is 5.75 Å². The molecule has 29 heavy (non-hydrogen) atoms. The zero-order chi connectivity index (χ0) is 22.0. The highest BCUT2D eigenvalue weighted by Gasteiger charge is 2.26. The molecule has 0 unspecified atom stereocenters. The average molecular weight is 406 g/mol. The monoisotopic (exact) mass is 406 g/mol. The van der Waals surface area contributed by atoms with Crippen molar-refractivity contribution < 1.29 is 23.8 Å². The standard InChI is InChI=1S/C20H30N4O5/c1-13-10-15(28-9-7-8-22-24-21)11-14(2)16(13)12-17(18(25)27-6)23-19(26)29-20(3,4)5/h10-11,17H,7-9,12H2,1-6H3,(H,23,26)/t17-/m0/s1. The van der Waals surface area contributed by atoms with E-state index in [2.05, 4.69) is 15.3 Å². The molecule has 0 aliphatic rings. The summed E-state index contributed by atoms with van der Waals surface area (Å²) in [5.74, 6) is 0.146. The van der Waals surface area contributed by atoms with Gasteiger partial charge in [0, 0.05) is 17.9 Å². The lowest BCUT2D eigenvalue weighted by Gasteiger charge is -2.23. The van der Waals surface area contributed by atoms with E-state index in [0.29, 0.717) is 25.3 Å². The van der Waals surface area contributed by atoms with Crippen molar-refractivity contribution in [2.75, 3.05) is 20.3 Å². The van der Waals surface area contributed by atoms with Crippen LogP contribution in [0.1, 0.15) is 43.9 Å². The number of esters is 1. The van der Waals surface area contributed by atoms with Crippen LogP contribution in [0, 0.1) is 13.8 Å². The first-order valence-electron chi connectivity index (χ1n) is 9.38. The summed E-state index contributed by atoms with van der Waals surface area (Å²) in [5, 5.41) is 6.06. The summed E-state index contributed by atoms with van der Waals surface area (Å²) in [6, 6.07) is 2.87. The van der Waals surface area contributed by atoms with Gasteiger partial charge in [-0.15, -0.1) is 0 Å². The number of carbonyl (C=O) groups is 2. The topological polar surface area (TPSA) is 123 Å². The number of carbonyl (C=O) groups excluding carboxylic acids is 2. The number of benzene rings is 1. The van der Waals surface area contributed by atoms with Gasteiger partial charge in [-0.1, -0.05) is 5.11 Å². The maximum absolute atomic E-state index is 12.2. The molecule has 1 atom stereocenters. The van der Waals surface area contributed by atoms with Gasteiger partial charge in [-0.3, -0.25) is 0 Å². The van der Waals surface area contributed by atoms with Crippen molar-refractivity contribution >= 4 is 12.1 Å². The third-order valence-corrected chi connectivity index (χ3v) is 3.99. The molecular weight excluding hydrogens is 376 g/mol. The van der Waals surface area contributed by atoms with E-state index in [4.69, 9.17) is 19.7 Å². The second-order valence-electron chi connectivity index (χ2n) is 7.62. The van der Waals surface area contributed by atoms with Crippen molar-refractivity contribution in [3.63, 3.8) is 0 Å². The van der Waals surface area contributed by atoms with Crippen molar-refractivity contribution in [3.8, 4) is 5.75 Å². The van der Waals surface area contributed by atoms with Gasteiger partial charge in [0.05, 0.1) is 13.7 Å². The summed E-state index contributed by atoms with van der Waals surface area (Å²) < 4.78 is 15.8. The van der Waals surface area contributed by atoms with Crippen LogP contribution in [0.4, 0.5) is 4.79 Å². The van der Waals surface area contributed by atoms with Crippen LogP contribution in [-0.2, 0) is 20.7 Å². The Labute approximate surface area is 171 Å². The number of rotatable bonds is 9. The van der Waals surface area contributed by atoms with Crippen molar-refractivity contribution in [3.05, 3.63) is 39.3 Å². The Hall–Kier alpha value is -2.93. The number of hydrogen-bond acceptors (Lipinski definition) is 6. The first-order chi connectivity index (χ1) is 13.6. The largest absolute Gasteiger partial charge is 0.494 e. The van der Waals surface area contributed by atoms with Gasteiger partial charge in [-0.2, -0.15) is 0 Å². The molecule has 0 aliphatic carbocycles. The molecule has 1 aromatic rings. The molecule has 0 radical (unpaired) electrons. The van der Waals surface area contributed by atoms with Gasteiger partial charge >= 0.3 is 12.1 Å². The molecule has 0 fully saturated rings. The number of aryl methyl sites for hydroxylation is 2. The summed E-state index contributed by atoms with van der Waals surface area (Å²) >= 11 is 0. The maximum atomic E-state index is 12.2. The number of amides is 1. The molecule has 9 heteroatoms. The van der Waals surface area contributed by atoms with E-state index in [1.54, 1.807) is 20.8 Å². The van der Waals surface area contributed by atoms with Crippen molar-refractivity contribution in [2.24, 2.45) is 5.11 Å². The molecule has 0 aromatic heterocycles. The minimum atomic E-state index is -0.872. The Morgan fingerprint density at radius 3 is 2.38 bits per heavy atom. The second-order valence-corrected chi connectivity index (χ2v) is 7.62. The Morgan fingerprint density at radius 2 is 1.86 bits per heavy atom. The minimum absolute atomic E-state index is 0.265. The molecule has 0 saturated carbocycles. The van der Waals surface area contributed by atoms with Gasteiger partial charge in [0.1, 0.15) is 17.4 Å². The minimum Gasteiger partial charge on any atom is -0.494 e. The van der Waals surface area contributed by atoms with Gasteiger partial charge in [0.15, 0.2) is 0 Å². The van der Waals surface area contributed by atoms with Crippen molar-refractivity contribution in [1.82, 2.24) is 5.32 Å². The number of nitrogens with zero attached hydrogens (tertiary/aromatic N) is 3. The van der Waals surface area contributed by atoms with Crippen LogP contribution in [0.15, 0.2) is 17.2 Å². The molecule has 0 saturated heterocycles. The molecule has 1 N–H and O–H groups in total. The van der Waals surface area contributed by atoms with Gasteiger partial charge in [-0.05, 0) is 75.4 Å². The van der Waals surface area contributed by atoms with Crippen LogP contribution < -0.4 is 10.1 Å². The smallest absolute Gasteiger partial charge is 0.408 e. The van der Waals surface area contributed by atoms with E-state index in [1.807, 2.05) is 26.0 Å². The highest BCUT2D eigenvalue weighted by Crippen LogP contribution is 2.24. The fourth-order valence-corrected chi connectivity index (χ4v) is 2.72. The first kappa shape index (κ1) is 24.1. The summed E-state index contributed by atoms with van der Waals surface area (Å²) in [7, 11) is 1.28. The number of methoxy groups -OCH3 is 1. The van der Waals surface area contributed by atoms with Crippen LogP contribution in [0.2, 0.25) is 0 Å². The van der Waals surface area contributed by atoms with Crippen LogP contribution in [-0.4, -0.2) is 44.0 Å². The van der Waals surface area contributed by atoms with Crippen LogP contribution in [0.3, 0.4) is 0 Å². The number of ether oxygens (including phenoxy) is 3. The Bertz CT molecular complexity index is 744. The molecule has 1 amide bonds. The quantitative estimate of drug-likeness (QED) is 0.218.